The van der Waals surface area contributed by atoms with Crippen LogP contribution in [0.15, 0.2) is 29.6 Å². The number of rotatable bonds is 6. The summed E-state index contributed by atoms with van der Waals surface area (Å²) in [4.78, 5) is 44.8. The minimum absolute atomic E-state index is 0.0508. The van der Waals surface area contributed by atoms with E-state index in [1.807, 2.05) is 0 Å². The van der Waals surface area contributed by atoms with Crippen molar-refractivity contribution in [2.45, 2.75) is 76.3 Å². The number of halogens is 3. The molecule has 1 unspecified atom stereocenters. The smallest absolute Gasteiger partial charge is 0.416 e. The van der Waals surface area contributed by atoms with Gasteiger partial charge < -0.3 is 20.3 Å². The molecule has 0 radical (unpaired) electrons. The van der Waals surface area contributed by atoms with E-state index in [-0.39, 0.29) is 45.8 Å². The number of hydrogen-bond acceptors (Lipinski definition) is 7. The SMILES string of the molecule is COC(=O)[C@@H]1C[C@H](NC(C)(C)C)CC[C@@H]1N1CCC(NC(=O)c2nc(-c3cccc(C(F)(F)F)c3)cs2)C1=O. The number of nitrogens with zero attached hydrogens (tertiary/aromatic N) is 2. The Kier molecular flexibility index (Phi) is 8.36. The second-order valence-electron chi connectivity index (χ2n) is 11.1. The fraction of sp³-hybridized carbons (Fsp3) is 0.556. The molecule has 12 heteroatoms. The van der Waals surface area contributed by atoms with Gasteiger partial charge in [-0.3, -0.25) is 14.4 Å². The number of likely N-dealkylation sites (tertiary alicyclic amines) is 1. The van der Waals surface area contributed by atoms with Gasteiger partial charge in [-0.25, -0.2) is 4.98 Å². The van der Waals surface area contributed by atoms with Crippen molar-refractivity contribution < 1.29 is 32.3 Å². The van der Waals surface area contributed by atoms with E-state index in [1.54, 1.807) is 4.90 Å². The Bertz CT molecular complexity index is 1230. The molecule has 4 rings (SSSR count). The third kappa shape index (κ3) is 6.78. The van der Waals surface area contributed by atoms with E-state index in [0.29, 0.717) is 25.8 Å². The quantitative estimate of drug-likeness (QED) is 0.507. The summed E-state index contributed by atoms with van der Waals surface area (Å²) in [5, 5.41) is 7.82. The van der Waals surface area contributed by atoms with Gasteiger partial charge in [0, 0.05) is 35.1 Å². The van der Waals surface area contributed by atoms with Gasteiger partial charge in [0.25, 0.3) is 5.91 Å². The minimum atomic E-state index is -4.49. The predicted molar refractivity (Wildman–Crippen MR) is 140 cm³/mol. The molecule has 1 aromatic heterocycles. The molecule has 39 heavy (non-hydrogen) atoms. The van der Waals surface area contributed by atoms with Crippen LogP contribution in [0.2, 0.25) is 0 Å². The number of ether oxygens (including phenoxy) is 1. The van der Waals surface area contributed by atoms with Gasteiger partial charge in [-0.05, 0) is 58.6 Å². The third-order valence-corrected chi connectivity index (χ3v) is 7.93. The van der Waals surface area contributed by atoms with Crippen molar-refractivity contribution in [3.63, 3.8) is 0 Å². The van der Waals surface area contributed by atoms with Crippen LogP contribution < -0.4 is 10.6 Å². The zero-order chi connectivity index (χ0) is 28.5. The summed E-state index contributed by atoms with van der Waals surface area (Å²) in [7, 11) is 1.34. The van der Waals surface area contributed by atoms with Gasteiger partial charge in [0.2, 0.25) is 5.91 Å². The van der Waals surface area contributed by atoms with Crippen molar-refractivity contribution in [3.05, 3.63) is 40.2 Å². The summed E-state index contributed by atoms with van der Waals surface area (Å²) in [5.74, 6) is -1.67. The van der Waals surface area contributed by atoms with Crippen LogP contribution in [0.4, 0.5) is 13.2 Å². The van der Waals surface area contributed by atoms with Crippen molar-refractivity contribution in [2.75, 3.05) is 13.7 Å². The number of esters is 1. The highest BCUT2D eigenvalue weighted by Crippen LogP contribution is 2.34. The largest absolute Gasteiger partial charge is 0.469 e. The average molecular weight is 567 g/mol. The van der Waals surface area contributed by atoms with Crippen molar-refractivity contribution in [1.82, 2.24) is 20.5 Å². The Morgan fingerprint density at radius 3 is 2.56 bits per heavy atom. The lowest BCUT2D eigenvalue weighted by molar-refractivity contribution is -0.151. The van der Waals surface area contributed by atoms with Gasteiger partial charge in [0.05, 0.1) is 24.3 Å². The molecule has 1 aliphatic heterocycles. The number of thiazole rings is 1. The number of aromatic nitrogens is 1. The molecule has 1 aromatic carbocycles. The number of methoxy groups -OCH3 is 1. The maximum Gasteiger partial charge on any atom is 0.416 e. The Morgan fingerprint density at radius 1 is 1.15 bits per heavy atom. The maximum atomic E-state index is 13.3. The van der Waals surface area contributed by atoms with Crippen LogP contribution >= 0.6 is 11.3 Å². The zero-order valence-electron chi connectivity index (χ0n) is 22.3. The van der Waals surface area contributed by atoms with Crippen LogP contribution in [-0.4, -0.2) is 65.0 Å². The Hall–Kier alpha value is -2.99. The van der Waals surface area contributed by atoms with Crippen LogP contribution in [0, 0.1) is 5.92 Å². The standard InChI is InChI=1S/C27H33F3N4O4S/c1-26(2,3)33-17-8-9-21(18(13-17)25(37)38-4)34-11-10-19(24(34)36)31-22(35)23-32-20(14-39-23)15-6-5-7-16(12-15)27(28,29)30/h5-7,12,14,17-19,21,33H,8-11,13H2,1-4H3,(H,31,35)/t17-,18-,19?,21+/m1/s1. The van der Waals surface area contributed by atoms with E-state index < -0.39 is 29.6 Å². The fourth-order valence-electron chi connectivity index (χ4n) is 5.43. The fourth-order valence-corrected chi connectivity index (χ4v) is 6.16. The van der Waals surface area contributed by atoms with Crippen LogP contribution in [0.5, 0.6) is 0 Å². The van der Waals surface area contributed by atoms with Gasteiger partial charge in [-0.1, -0.05) is 12.1 Å². The van der Waals surface area contributed by atoms with Crippen LogP contribution in [-0.2, 0) is 20.5 Å². The molecule has 2 aromatic rings. The normalized spacial score (nSPS) is 24.1. The molecule has 8 nitrogen and oxygen atoms in total. The molecular formula is C27H33F3N4O4S. The van der Waals surface area contributed by atoms with E-state index in [1.165, 1.54) is 24.6 Å². The molecule has 2 heterocycles. The van der Waals surface area contributed by atoms with Gasteiger partial charge in [-0.15, -0.1) is 11.3 Å². The first-order valence-electron chi connectivity index (χ1n) is 12.9. The second-order valence-corrected chi connectivity index (χ2v) is 11.9. The average Bonchev–Trinajstić information content (AvgIpc) is 3.50. The highest BCUT2D eigenvalue weighted by Gasteiger charge is 2.45. The van der Waals surface area contributed by atoms with Crippen LogP contribution in [0.1, 0.15) is 61.8 Å². The molecule has 212 valence electrons. The number of nitrogens with one attached hydrogen (secondary N) is 2. The van der Waals surface area contributed by atoms with Crippen molar-refractivity contribution in [2.24, 2.45) is 5.92 Å². The maximum absolute atomic E-state index is 13.3. The number of benzene rings is 1. The molecule has 0 spiro atoms. The second kappa shape index (κ2) is 11.2. The summed E-state index contributed by atoms with van der Waals surface area (Å²) in [6.45, 7) is 6.59. The molecular weight excluding hydrogens is 533 g/mol. The number of carbonyl (C=O) groups excluding carboxylic acids is 3. The highest BCUT2D eigenvalue weighted by atomic mass is 32.1. The summed E-state index contributed by atoms with van der Waals surface area (Å²) in [6.07, 6.45) is -2.13. The lowest BCUT2D eigenvalue weighted by atomic mass is 9.80. The highest BCUT2D eigenvalue weighted by molar-refractivity contribution is 7.12. The van der Waals surface area contributed by atoms with Crippen molar-refractivity contribution in [1.29, 1.82) is 0 Å². The number of carbonyl (C=O) groups is 3. The zero-order valence-corrected chi connectivity index (χ0v) is 23.1. The monoisotopic (exact) mass is 566 g/mol. The molecule has 1 saturated heterocycles. The van der Waals surface area contributed by atoms with Crippen LogP contribution in [0.25, 0.3) is 11.3 Å². The van der Waals surface area contributed by atoms with Crippen molar-refractivity contribution in [3.8, 4) is 11.3 Å². The summed E-state index contributed by atoms with van der Waals surface area (Å²) < 4.78 is 44.3. The minimum Gasteiger partial charge on any atom is -0.469 e. The van der Waals surface area contributed by atoms with Crippen molar-refractivity contribution >= 4 is 29.1 Å². The molecule has 1 aliphatic carbocycles. The van der Waals surface area contributed by atoms with Gasteiger partial charge in [0.1, 0.15) is 6.04 Å². The Balaban J connectivity index is 1.42. The van der Waals surface area contributed by atoms with Gasteiger partial charge in [-0.2, -0.15) is 13.2 Å². The number of hydrogen-bond donors (Lipinski definition) is 2. The first-order valence-corrected chi connectivity index (χ1v) is 13.7. The van der Waals surface area contributed by atoms with E-state index in [0.717, 1.165) is 29.9 Å². The molecule has 4 atom stereocenters. The van der Waals surface area contributed by atoms with Crippen LogP contribution in [0.3, 0.4) is 0 Å². The lowest BCUT2D eigenvalue weighted by Gasteiger charge is -2.41. The summed E-state index contributed by atoms with van der Waals surface area (Å²) >= 11 is 0.994. The van der Waals surface area contributed by atoms with Gasteiger partial charge in [0.15, 0.2) is 5.01 Å². The first kappa shape index (κ1) is 29.0. The molecule has 1 saturated carbocycles. The number of alkyl halides is 3. The Labute approximate surface area is 229 Å². The molecule has 2 aliphatic rings. The van der Waals surface area contributed by atoms with E-state index in [9.17, 15) is 27.6 Å². The first-order chi connectivity index (χ1) is 18.3. The summed E-state index contributed by atoms with van der Waals surface area (Å²) in [5.41, 5.74) is -0.427. The Morgan fingerprint density at radius 2 is 1.90 bits per heavy atom. The predicted octanol–water partition coefficient (Wildman–Crippen LogP) is 4.26. The van der Waals surface area contributed by atoms with E-state index >= 15 is 0 Å². The third-order valence-electron chi connectivity index (χ3n) is 7.08. The van der Waals surface area contributed by atoms with E-state index in [2.05, 4.69) is 36.4 Å². The van der Waals surface area contributed by atoms with E-state index in [4.69, 9.17) is 4.74 Å². The summed E-state index contributed by atoms with van der Waals surface area (Å²) in [6, 6.07) is 3.76. The topological polar surface area (TPSA) is 101 Å². The van der Waals surface area contributed by atoms with Gasteiger partial charge >= 0.3 is 12.1 Å². The molecule has 0 bridgehead atoms. The number of amides is 2. The lowest BCUT2D eigenvalue weighted by Crippen LogP contribution is -2.55. The molecule has 2 amide bonds. The molecule has 2 N–H and O–H groups in total. The molecule has 2 fully saturated rings.